The third-order valence-electron chi connectivity index (χ3n) is 3.84. The quantitative estimate of drug-likeness (QED) is 0.662. The lowest BCUT2D eigenvalue weighted by Crippen LogP contribution is -2.07. The molecule has 1 unspecified atom stereocenters. The number of hydrogen-bond donors (Lipinski definition) is 1. The number of rotatable bonds is 10. The molecule has 0 spiro atoms. The van der Waals surface area contributed by atoms with Crippen molar-refractivity contribution in [1.82, 2.24) is 0 Å². The fourth-order valence-corrected chi connectivity index (χ4v) is 2.43. The van der Waals surface area contributed by atoms with Crippen LogP contribution in [0.25, 0.3) is 0 Å². The summed E-state index contributed by atoms with van der Waals surface area (Å²) in [6.07, 6.45) is 0.872. The van der Waals surface area contributed by atoms with Gasteiger partial charge in [0.2, 0.25) is 0 Å². The molecule has 0 bridgehead atoms. The average Bonchev–Trinajstić information content (AvgIpc) is 2.60. The fourth-order valence-electron chi connectivity index (χ4n) is 2.43. The van der Waals surface area contributed by atoms with Crippen molar-refractivity contribution in [3.05, 3.63) is 65.7 Å². The van der Waals surface area contributed by atoms with Crippen molar-refractivity contribution in [2.45, 2.75) is 32.3 Å². The molecule has 1 N–H and O–H groups in total. The molecule has 0 aliphatic carbocycles. The minimum absolute atomic E-state index is 0.0468. The summed E-state index contributed by atoms with van der Waals surface area (Å²) in [5, 5.41) is 8.59. The summed E-state index contributed by atoms with van der Waals surface area (Å²) in [7, 11) is 0. The SMILES string of the molecule is CC(CCOCCC(=O)O)c1ccccc1OCc1ccccc1. The van der Waals surface area contributed by atoms with Crippen LogP contribution in [-0.4, -0.2) is 24.3 Å². The van der Waals surface area contributed by atoms with Crippen LogP contribution in [0.4, 0.5) is 0 Å². The number of carbonyl (C=O) groups is 1. The van der Waals surface area contributed by atoms with E-state index in [1.165, 1.54) is 0 Å². The minimum atomic E-state index is -0.831. The fraction of sp³-hybridized carbons (Fsp3) is 0.350. The zero-order valence-electron chi connectivity index (χ0n) is 14.0. The van der Waals surface area contributed by atoms with Crippen molar-refractivity contribution in [1.29, 1.82) is 0 Å². The third-order valence-corrected chi connectivity index (χ3v) is 3.84. The van der Waals surface area contributed by atoms with E-state index in [1.54, 1.807) is 0 Å². The van der Waals surface area contributed by atoms with E-state index in [0.717, 1.165) is 23.3 Å². The highest BCUT2D eigenvalue weighted by Gasteiger charge is 2.11. The van der Waals surface area contributed by atoms with Crippen molar-refractivity contribution in [2.24, 2.45) is 0 Å². The van der Waals surface area contributed by atoms with Gasteiger partial charge in [-0.25, -0.2) is 0 Å². The zero-order valence-corrected chi connectivity index (χ0v) is 14.0. The van der Waals surface area contributed by atoms with Gasteiger partial charge in [-0.05, 0) is 29.5 Å². The van der Waals surface area contributed by atoms with Crippen LogP contribution in [0.2, 0.25) is 0 Å². The maximum Gasteiger partial charge on any atom is 0.305 e. The Morgan fingerprint density at radius 3 is 2.50 bits per heavy atom. The van der Waals surface area contributed by atoms with Gasteiger partial charge in [-0.2, -0.15) is 0 Å². The number of benzene rings is 2. The number of aliphatic carboxylic acids is 1. The lowest BCUT2D eigenvalue weighted by atomic mass is 9.97. The van der Waals surface area contributed by atoms with Gasteiger partial charge < -0.3 is 14.6 Å². The van der Waals surface area contributed by atoms with Crippen LogP contribution in [0.1, 0.15) is 36.8 Å². The van der Waals surface area contributed by atoms with Crippen LogP contribution in [0.15, 0.2) is 54.6 Å². The van der Waals surface area contributed by atoms with E-state index in [4.69, 9.17) is 14.6 Å². The molecule has 2 aromatic rings. The summed E-state index contributed by atoms with van der Waals surface area (Å²) in [6.45, 7) is 3.47. The van der Waals surface area contributed by atoms with Gasteiger partial charge >= 0.3 is 5.97 Å². The molecule has 0 amide bonds. The van der Waals surface area contributed by atoms with Gasteiger partial charge in [0.05, 0.1) is 13.0 Å². The van der Waals surface area contributed by atoms with E-state index in [0.29, 0.717) is 13.2 Å². The Balaban J connectivity index is 1.86. The average molecular weight is 328 g/mol. The Hall–Kier alpha value is -2.33. The molecule has 0 aromatic heterocycles. The van der Waals surface area contributed by atoms with Crippen LogP contribution in [0.3, 0.4) is 0 Å². The largest absolute Gasteiger partial charge is 0.489 e. The highest BCUT2D eigenvalue weighted by Crippen LogP contribution is 2.29. The van der Waals surface area contributed by atoms with Gasteiger partial charge in [0.1, 0.15) is 12.4 Å². The molecule has 2 rings (SSSR count). The molecule has 0 heterocycles. The molecule has 0 saturated heterocycles. The van der Waals surface area contributed by atoms with Crippen LogP contribution in [-0.2, 0) is 16.1 Å². The van der Waals surface area contributed by atoms with Crippen LogP contribution in [0.5, 0.6) is 5.75 Å². The van der Waals surface area contributed by atoms with Gasteiger partial charge in [-0.3, -0.25) is 4.79 Å². The molecule has 1 atom stereocenters. The first kappa shape index (κ1) is 18.0. The monoisotopic (exact) mass is 328 g/mol. The lowest BCUT2D eigenvalue weighted by Gasteiger charge is -2.17. The summed E-state index contributed by atoms with van der Waals surface area (Å²) in [5.74, 6) is 0.337. The second-order valence-corrected chi connectivity index (χ2v) is 5.76. The zero-order chi connectivity index (χ0) is 17.2. The smallest absolute Gasteiger partial charge is 0.305 e. The molecule has 0 aliphatic heterocycles. The molecule has 2 aromatic carbocycles. The number of carboxylic acids is 1. The van der Waals surface area contributed by atoms with E-state index in [2.05, 4.69) is 13.0 Å². The molecule has 0 aliphatic rings. The van der Waals surface area contributed by atoms with Gasteiger partial charge in [-0.1, -0.05) is 55.5 Å². The summed E-state index contributed by atoms with van der Waals surface area (Å²) >= 11 is 0. The van der Waals surface area contributed by atoms with Crippen LogP contribution >= 0.6 is 0 Å². The number of para-hydroxylation sites is 1. The van der Waals surface area contributed by atoms with Gasteiger partial charge in [-0.15, -0.1) is 0 Å². The molecule has 0 radical (unpaired) electrons. The summed E-state index contributed by atoms with van der Waals surface area (Å²) < 4.78 is 11.4. The predicted molar refractivity (Wildman–Crippen MR) is 93.3 cm³/mol. The lowest BCUT2D eigenvalue weighted by molar-refractivity contribution is -0.138. The van der Waals surface area contributed by atoms with Crippen molar-refractivity contribution >= 4 is 5.97 Å². The third kappa shape index (κ3) is 6.05. The Labute approximate surface area is 143 Å². The molecule has 4 nitrogen and oxygen atoms in total. The predicted octanol–water partition coefficient (Wildman–Crippen LogP) is 4.25. The first-order valence-electron chi connectivity index (χ1n) is 8.22. The number of carboxylic acid groups (broad SMARTS) is 1. The van der Waals surface area contributed by atoms with E-state index in [1.807, 2.05) is 48.5 Å². The van der Waals surface area contributed by atoms with Crippen LogP contribution < -0.4 is 4.74 Å². The Morgan fingerprint density at radius 2 is 1.75 bits per heavy atom. The van der Waals surface area contributed by atoms with Gasteiger partial charge in [0, 0.05) is 6.61 Å². The number of ether oxygens (including phenoxy) is 2. The molecular formula is C20H24O4. The van der Waals surface area contributed by atoms with E-state index < -0.39 is 5.97 Å². The highest BCUT2D eigenvalue weighted by molar-refractivity contribution is 5.66. The van der Waals surface area contributed by atoms with Crippen molar-refractivity contribution in [3.63, 3.8) is 0 Å². The maximum atomic E-state index is 10.5. The van der Waals surface area contributed by atoms with Crippen molar-refractivity contribution < 1.29 is 19.4 Å². The van der Waals surface area contributed by atoms with E-state index >= 15 is 0 Å². The van der Waals surface area contributed by atoms with E-state index in [9.17, 15) is 4.79 Å². The molecule has 128 valence electrons. The molecule has 0 saturated carbocycles. The Bertz CT molecular complexity index is 625. The second kappa shape index (κ2) is 9.73. The van der Waals surface area contributed by atoms with E-state index in [-0.39, 0.29) is 18.9 Å². The Kier molecular flexibility index (Phi) is 7.30. The Morgan fingerprint density at radius 1 is 1.04 bits per heavy atom. The summed E-state index contributed by atoms with van der Waals surface area (Å²) in [4.78, 5) is 10.5. The minimum Gasteiger partial charge on any atom is -0.489 e. The molecule has 0 fully saturated rings. The highest BCUT2D eigenvalue weighted by atomic mass is 16.5. The summed E-state index contributed by atoms with van der Waals surface area (Å²) in [6, 6.07) is 18.1. The summed E-state index contributed by atoms with van der Waals surface area (Å²) in [5.41, 5.74) is 2.28. The molecular weight excluding hydrogens is 304 g/mol. The van der Waals surface area contributed by atoms with Crippen molar-refractivity contribution in [2.75, 3.05) is 13.2 Å². The number of hydrogen-bond acceptors (Lipinski definition) is 3. The first-order chi connectivity index (χ1) is 11.7. The van der Waals surface area contributed by atoms with Crippen LogP contribution in [0, 0.1) is 0 Å². The molecule has 4 heteroatoms. The molecule has 24 heavy (non-hydrogen) atoms. The van der Waals surface area contributed by atoms with Gasteiger partial charge in [0.15, 0.2) is 0 Å². The van der Waals surface area contributed by atoms with Crippen molar-refractivity contribution in [3.8, 4) is 5.75 Å². The topological polar surface area (TPSA) is 55.8 Å². The van der Waals surface area contributed by atoms with Gasteiger partial charge in [0.25, 0.3) is 0 Å². The first-order valence-corrected chi connectivity index (χ1v) is 8.22. The maximum absolute atomic E-state index is 10.5. The standard InChI is InChI=1S/C20H24O4/c1-16(11-13-23-14-12-20(21)22)18-9-5-6-10-19(18)24-15-17-7-3-2-4-8-17/h2-10,16H,11-15H2,1H3,(H,21,22). The normalized spacial score (nSPS) is 11.9. The second-order valence-electron chi connectivity index (χ2n) is 5.76.